The van der Waals surface area contributed by atoms with Crippen LogP contribution in [-0.4, -0.2) is 21.2 Å². The highest BCUT2D eigenvalue weighted by Crippen LogP contribution is 2.41. The fraction of sp³-hybridized carbons (Fsp3) is 0.235. The van der Waals surface area contributed by atoms with Gasteiger partial charge in [0.1, 0.15) is 0 Å². The highest BCUT2D eigenvalue weighted by molar-refractivity contribution is 5.97. The van der Waals surface area contributed by atoms with E-state index in [1.54, 1.807) is 0 Å². The second-order valence-corrected chi connectivity index (χ2v) is 5.19. The average molecular weight is 301 g/mol. The zero-order chi connectivity index (χ0) is 16.3. The number of carbonyl (C=O) groups is 1. The fourth-order valence-corrected chi connectivity index (χ4v) is 2.47. The number of phenols is 3. The molecule has 116 valence electrons. The van der Waals surface area contributed by atoms with Crippen molar-refractivity contribution in [2.45, 2.75) is 26.2 Å². The maximum absolute atomic E-state index is 11.3. The molecular weight excluding hydrogens is 282 g/mol. The maximum Gasteiger partial charge on any atom is 0.252 e. The minimum Gasteiger partial charge on any atom is -0.504 e. The summed E-state index contributed by atoms with van der Waals surface area (Å²) in [7, 11) is 0. The summed E-state index contributed by atoms with van der Waals surface area (Å²) in [6.45, 7) is 2.08. The molecule has 22 heavy (non-hydrogen) atoms. The van der Waals surface area contributed by atoms with Gasteiger partial charge < -0.3 is 21.1 Å². The Morgan fingerprint density at radius 3 is 2.23 bits per heavy atom. The van der Waals surface area contributed by atoms with Gasteiger partial charge in [0.15, 0.2) is 11.5 Å². The van der Waals surface area contributed by atoms with Crippen LogP contribution in [0.4, 0.5) is 0 Å². The molecule has 0 aliphatic rings. The molecule has 5 N–H and O–H groups in total. The Kier molecular flexibility index (Phi) is 4.56. The van der Waals surface area contributed by atoms with E-state index in [9.17, 15) is 20.1 Å². The number of hydrogen-bond acceptors (Lipinski definition) is 4. The van der Waals surface area contributed by atoms with Gasteiger partial charge in [-0.15, -0.1) is 0 Å². The molecule has 5 heteroatoms. The summed E-state index contributed by atoms with van der Waals surface area (Å²) in [4.78, 5) is 11.3. The van der Waals surface area contributed by atoms with Gasteiger partial charge in [-0.1, -0.05) is 37.6 Å². The number of amides is 1. The first-order valence-electron chi connectivity index (χ1n) is 7.09. The summed E-state index contributed by atoms with van der Waals surface area (Å²) in [5.41, 5.74) is 7.44. The second-order valence-electron chi connectivity index (χ2n) is 5.19. The third-order valence-electron chi connectivity index (χ3n) is 3.61. The van der Waals surface area contributed by atoms with E-state index >= 15 is 0 Å². The van der Waals surface area contributed by atoms with E-state index in [0.29, 0.717) is 12.0 Å². The predicted molar refractivity (Wildman–Crippen MR) is 83.2 cm³/mol. The summed E-state index contributed by atoms with van der Waals surface area (Å²) < 4.78 is 0. The van der Waals surface area contributed by atoms with Gasteiger partial charge in [0.05, 0.1) is 5.56 Å². The van der Waals surface area contributed by atoms with E-state index in [4.69, 9.17) is 5.73 Å². The van der Waals surface area contributed by atoms with E-state index in [-0.39, 0.29) is 5.56 Å². The van der Waals surface area contributed by atoms with E-state index in [1.165, 1.54) is 6.07 Å². The van der Waals surface area contributed by atoms with E-state index in [2.05, 4.69) is 6.92 Å². The van der Waals surface area contributed by atoms with E-state index in [0.717, 1.165) is 24.0 Å². The van der Waals surface area contributed by atoms with E-state index in [1.807, 2.05) is 24.3 Å². The van der Waals surface area contributed by atoms with Crippen LogP contribution in [0.15, 0.2) is 30.3 Å². The van der Waals surface area contributed by atoms with Crippen LogP contribution < -0.4 is 5.73 Å². The van der Waals surface area contributed by atoms with Crippen molar-refractivity contribution in [2.75, 3.05) is 0 Å². The van der Waals surface area contributed by atoms with Crippen LogP contribution in [0.3, 0.4) is 0 Å². The van der Waals surface area contributed by atoms with Crippen molar-refractivity contribution >= 4 is 5.91 Å². The number of benzene rings is 2. The molecular formula is C17H19NO4. The van der Waals surface area contributed by atoms with Gasteiger partial charge in [0.2, 0.25) is 5.75 Å². The lowest BCUT2D eigenvalue weighted by Gasteiger charge is -2.13. The van der Waals surface area contributed by atoms with E-state index < -0.39 is 23.2 Å². The Morgan fingerprint density at radius 1 is 1.00 bits per heavy atom. The lowest BCUT2D eigenvalue weighted by molar-refractivity contribution is 0.0997. The van der Waals surface area contributed by atoms with Gasteiger partial charge in [-0.25, -0.2) is 0 Å². The summed E-state index contributed by atoms with van der Waals surface area (Å²) in [6, 6.07) is 9.08. The highest BCUT2D eigenvalue weighted by atomic mass is 16.3. The van der Waals surface area contributed by atoms with Crippen molar-refractivity contribution in [1.29, 1.82) is 0 Å². The van der Waals surface area contributed by atoms with Crippen LogP contribution in [0.2, 0.25) is 0 Å². The molecule has 0 aliphatic carbocycles. The van der Waals surface area contributed by atoms with Gasteiger partial charge in [-0.05, 0) is 23.6 Å². The van der Waals surface area contributed by atoms with Crippen LogP contribution >= 0.6 is 0 Å². The Bertz CT molecular complexity index is 710. The number of nitrogens with two attached hydrogens (primary N) is 1. The van der Waals surface area contributed by atoms with Crippen LogP contribution in [0, 0.1) is 0 Å². The van der Waals surface area contributed by atoms with Crippen molar-refractivity contribution in [1.82, 2.24) is 0 Å². The fourth-order valence-electron chi connectivity index (χ4n) is 2.47. The van der Waals surface area contributed by atoms with Crippen molar-refractivity contribution in [3.8, 4) is 17.2 Å². The largest absolute Gasteiger partial charge is 0.504 e. The van der Waals surface area contributed by atoms with Crippen molar-refractivity contribution in [3.63, 3.8) is 0 Å². The van der Waals surface area contributed by atoms with Crippen molar-refractivity contribution in [3.05, 3.63) is 52.6 Å². The zero-order valence-corrected chi connectivity index (χ0v) is 12.3. The standard InChI is InChI=1S/C17H19NO4/c1-2-5-10-6-3-4-7-11(10)8-12-9-13(17(18)22)15(20)16(21)14(12)19/h3-4,6-7,9,19-21H,2,5,8H2,1H3,(H2,18,22). The zero-order valence-electron chi connectivity index (χ0n) is 12.3. The van der Waals surface area contributed by atoms with Gasteiger partial charge >= 0.3 is 0 Å². The Morgan fingerprint density at radius 2 is 1.64 bits per heavy atom. The molecule has 0 bridgehead atoms. The molecule has 0 aromatic heterocycles. The predicted octanol–water partition coefficient (Wildman–Crippen LogP) is 2.45. The topological polar surface area (TPSA) is 104 Å². The minimum atomic E-state index is -0.865. The van der Waals surface area contributed by atoms with Crippen molar-refractivity contribution < 1.29 is 20.1 Å². The van der Waals surface area contributed by atoms with Gasteiger partial charge in [0, 0.05) is 12.0 Å². The summed E-state index contributed by atoms with van der Waals surface area (Å²) in [6.07, 6.45) is 2.20. The first kappa shape index (κ1) is 15.7. The second kappa shape index (κ2) is 6.39. The number of phenolic OH excluding ortho intramolecular Hbond substituents is 2. The van der Waals surface area contributed by atoms with Crippen LogP contribution in [-0.2, 0) is 12.8 Å². The Balaban J connectivity index is 2.48. The molecule has 2 aromatic rings. The van der Waals surface area contributed by atoms with Gasteiger partial charge in [0.25, 0.3) is 5.91 Å². The third-order valence-corrected chi connectivity index (χ3v) is 3.61. The molecule has 2 aromatic carbocycles. The lowest BCUT2D eigenvalue weighted by atomic mass is 9.95. The Hall–Kier alpha value is -2.69. The number of rotatable bonds is 5. The van der Waals surface area contributed by atoms with Gasteiger partial charge in [-0.3, -0.25) is 4.79 Å². The normalized spacial score (nSPS) is 10.6. The summed E-state index contributed by atoms with van der Waals surface area (Å²) >= 11 is 0. The molecule has 2 rings (SSSR count). The summed E-state index contributed by atoms with van der Waals surface area (Å²) in [5, 5.41) is 29.4. The molecule has 0 radical (unpaired) electrons. The molecule has 0 fully saturated rings. The molecule has 5 nitrogen and oxygen atoms in total. The molecule has 0 saturated heterocycles. The third kappa shape index (κ3) is 2.98. The van der Waals surface area contributed by atoms with Crippen LogP contribution in [0.25, 0.3) is 0 Å². The minimum absolute atomic E-state index is 0.210. The first-order chi connectivity index (χ1) is 10.5. The highest BCUT2D eigenvalue weighted by Gasteiger charge is 2.20. The molecule has 1 amide bonds. The molecule has 0 aliphatic heterocycles. The van der Waals surface area contributed by atoms with Crippen LogP contribution in [0.5, 0.6) is 17.2 Å². The summed E-state index contributed by atoms with van der Waals surface area (Å²) in [5.74, 6) is -2.72. The monoisotopic (exact) mass is 301 g/mol. The maximum atomic E-state index is 11.3. The first-order valence-corrected chi connectivity index (χ1v) is 7.09. The number of aromatic hydroxyl groups is 3. The van der Waals surface area contributed by atoms with Crippen LogP contribution in [0.1, 0.15) is 40.4 Å². The Labute approximate surface area is 128 Å². The number of primary amides is 1. The number of aryl methyl sites for hydroxylation is 1. The molecule has 0 atom stereocenters. The number of carbonyl (C=O) groups excluding carboxylic acids is 1. The number of hydrogen-bond donors (Lipinski definition) is 4. The SMILES string of the molecule is CCCc1ccccc1Cc1cc(C(N)=O)c(O)c(O)c1O. The average Bonchev–Trinajstić information content (AvgIpc) is 2.49. The molecule has 0 saturated carbocycles. The molecule has 0 unspecified atom stereocenters. The van der Waals surface area contributed by atoms with Gasteiger partial charge in [-0.2, -0.15) is 0 Å². The smallest absolute Gasteiger partial charge is 0.252 e. The quantitative estimate of drug-likeness (QED) is 0.637. The van der Waals surface area contributed by atoms with Crippen molar-refractivity contribution in [2.24, 2.45) is 5.73 Å². The molecule has 0 heterocycles. The lowest BCUT2D eigenvalue weighted by Crippen LogP contribution is -2.12. The molecule has 0 spiro atoms.